The van der Waals surface area contributed by atoms with Crippen LogP contribution in [0.1, 0.15) is 41.9 Å². The molecule has 3 aromatic rings. The Balaban J connectivity index is 1.78. The molecule has 0 aliphatic carbocycles. The number of hydrogen-bond donors (Lipinski definition) is 0. The lowest BCUT2D eigenvalue weighted by molar-refractivity contribution is 0.0736. The number of anilines is 1. The number of likely N-dealkylation sites (N-methyl/N-ethyl adjacent to an activating group) is 1. The zero-order chi connectivity index (χ0) is 27.2. The van der Waals surface area contributed by atoms with Gasteiger partial charge in [0.1, 0.15) is 28.7 Å². The summed E-state index contributed by atoms with van der Waals surface area (Å²) in [6.07, 6.45) is 0.783. The van der Waals surface area contributed by atoms with Crippen molar-refractivity contribution in [3.8, 4) is 17.2 Å². The minimum absolute atomic E-state index is 0.166. The molecule has 2 heterocycles. The molecule has 0 atom stereocenters. The predicted octanol–water partition coefficient (Wildman–Crippen LogP) is 4.53. The molecule has 0 unspecified atom stereocenters. The highest BCUT2D eigenvalue weighted by atomic mass is 19.1. The van der Waals surface area contributed by atoms with Gasteiger partial charge in [-0.3, -0.25) is 4.79 Å². The summed E-state index contributed by atoms with van der Waals surface area (Å²) in [6, 6.07) is 11.8. The molecule has 8 nitrogen and oxygen atoms in total. The van der Waals surface area contributed by atoms with Gasteiger partial charge >= 0.3 is 0 Å². The summed E-state index contributed by atoms with van der Waals surface area (Å²) in [5, 5.41) is 4.86. The molecule has 0 saturated carbocycles. The van der Waals surface area contributed by atoms with Gasteiger partial charge in [-0.2, -0.15) is 5.10 Å². The molecule has 0 N–H and O–H groups in total. The minimum Gasteiger partial charge on any atom is -0.496 e. The highest BCUT2D eigenvalue weighted by Crippen LogP contribution is 2.33. The summed E-state index contributed by atoms with van der Waals surface area (Å²) < 4.78 is 27.1. The van der Waals surface area contributed by atoms with Crippen LogP contribution in [0.25, 0.3) is 5.69 Å². The Morgan fingerprint density at radius 2 is 1.68 bits per heavy atom. The van der Waals surface area contributed by atoms with E-state index in [1.165, 1.54) is 12.1 Å². The first kappa shape index (κ1) is 27.4. The molecule has 0 spiro atoms. The summed E-state index contributed by atoms with van der Waals surface area (Å²) in [7, 11) is 3.11. The first-order valence-electron chi connectivity index (χ1n) is 13.2. The number of hydrogen-bond acceptors (Lipinski definition) is 6. The van der Waals surface area contributed by atoms with E-state index in [2.05, 4.69) is 16.7 Å². The van der Waals surface area contributed by atoms with Crippen LogP contribution in [0.2, 0.25) is 0 Å². The number of halogens is 1. The Morgan fingerprint density at radius 3 is 2.26 bits per heavy atom. The summed E-state index contributed by atoms with van der Waals surface area (Å²) >= 11 is 0. The third kappa shape index (κ3) is 5.62. The number of benzene rings is 2. The second kappa shape index (κ2) is 12.3. The first-order valence-corrected chi connectivity index (χ1v) is 13.2. The van der Waals surface area contributed by atoms with Gasteiger partial charge < -0.3 is 24.2 Å². The number of methoxy groups -OCH3 is 2. The van der Waals surface area contributed by atoms with E-state index in [1.807, 2.05) is 29.5 Å². The van der Waals surface area contributed by atoms with Crippen LogP contribution in [-0.4, -0.2) is 79.0 Å². The highest BCUT2D eigenvalue weighted by molar-refractivity contribution is 5.99. The average Bonchev–Trinajstić information content (AvgIpc) is 3.27. The minimum atomic E-state index is -0.315. The molecule has 4 rings (SSSR count). The van der Waals surface area contributed by atoms with E-state index in [9.17, 15) is 9.18 Å². The van der Waals surface area contributed by atoms with Crippen LogP contribution in [0.4, 0.5) is 10.2 Å². The van der Waals surface area contributed by atoms with Gasteiger partial charge in [0.15, 0.2) is 0 Å². The van der Waals surface area contributed by atoms with Crippen molar-refractivity contribution in [2.45, 2.75) is 33.7 Å². The Bertz CT molecular complexity index is 1230. The normalized spacial score (nSPS) is 14.0. The quantitative estimate of drug-likeness (QED) is 0.389. The van der Waals surface area contributed by atoms with E-state index < -0.39 is 0 Å². The molecule has 1 aromatic heterocycles. The van der Waals surface area contributed by atoms with Gasteiger partial charge in [-0.25, -0.2) is 9.07 Å². The van der Waals surface area contributed by atoms with Gasteiger partial charge in [-0.1, -0.05) is 26.0 Å². The summed E-state index contributed by atoms with van der Waals surface area (Å²) in [4.78, 5) is 20.5. The van der Waals surface area contributed by atoms with Crippen LogP contribution in [0.15, 0.2) is 42.5 Å². The SMILES string of the molecule is CCCN(Cc1c(C)nn(-c2cccc(F)c2)c1N1CCN(CC)CC1)C(=O)c1c(OC)cccc1OC. The Hall–Kier alpha value is -3.59. The number of piperazine rings is 1. The standard InChI is InChI=1S/C29H38FN5O3/c1-6-14-34(29(36)27-25(37-4)12-9-13-26(27)38-5)20-24-21(3)31-35(23-11-8-10-22(30)19-23)28(24)33-17-15-32(7-2)16-18-33/h8-13,19H,6-7,14-18,20H2,1-5H3. The van der Waals surface area contributed by atoms with Crippen LogP contribution in [-0.2, 0) is 6.54 Å². The summed E-state index contributed by atoms with van der Waals surface area (Å²) in [5.74, 6) is 1.37. The van der Waals surface area contributed by atoms with Crippen molar-refractivity contribution in [3.05, 3.63) is 65.1 Å². The fourth-order valence-electron chi connectivity index (χ4n) is 5.05. The Labute approximate surface area is 224 Å². The van der Waals surface area contributed by atoms with Crippen LogP contribution in [0, 0.1) is 12.7 Å². The van der Waals surface area contributed by atoms with Gasteiger partial charge in [0.05, 0.1) is 32.1 Å². The Morgan fingerprint density at radius 1 is 1.03 bits per heavy atom. The number of carbonyl (C=O) groups excluding carboxylic acids is 1. The largest absolute Gasteiger partial charge is 0.496 e. The van der Waals surface area contributed by atoms with Crippen molar-refractivity contribution >= 4 is 11.7 Å². The maximum absolute atomic E-state index is 14.2. The average molecular weight is 524 g/mol. The molecule has 2 aromatic carbocycles. The van der Waals surface area contributed by atoms with Gasteiger partial charge in [-0.15, -0.1) is 0 Å². The fraction of sp³-hybridized carbons (Fsp3) is 0.448. The molecule has 9 heteroatoms. The number of aryl methyl sites for hydroxylation is 1. The summed E-state index contributed by atoms with van der Waals surface area (Å²) in [5.41, 5.74) is 2.82. The van der Waals surface area contributed by atoms with Gasteiger partial charge in [0, 0.05) is 38.3 Å². The van der Waals surface area contributed by atoms with Crippen LogP contribution in [0.3, 0.4) is 0 Å². The molecule has 0 bridgehead atoms. The number of aromatic nitrogens is 2. The smallest absolute Gasteiger partial charge is 0.261 e. The van der Waals surface area contributed by atoms with Gasteiger partial charge in [0.25, 0.3) is 5.91 Å². The van der Waals surface area contributed by atoms with E-state index in [-0.39, 0.29) is 11.7 Å². The molecule has 1 amide bonds. The third-order valence-corrected chi connectivity index (χ3v) is 7.10. The number of nitrogens with zero attached hydrogens (tertiary/aromatic N) is 5. The van der Waals surface area contributed by atoms with Crippen LogP contribution in [0.5, 0.6) is 11.5 Å². The molecule has 1 aliphatic rings. The number of amides is 1. The topological polar surface area (TPSA) is 63.1 Å². The molecular formula is C29H38FN5O3. The molecule has 204 valence electrons. The second-order valence-electron chi connectivity index (χ2n) is 9.46. The fourth-order valence-corrected chi connectivity index (χ4v) is 5.05. The van der Waals surface area contributed by atoms with E-state index in [0.717, 1.165) is 56.2 Å². The van der Waals surface area contributed by atoms with Crippen molar-refractivity contribution in [2.24, 2.45) is 0 Å². The maximum Gasteiger partial charge on any atom is 0.261 e. The zero-order valence-corrected chi connectivity index (χ0v) is 23.0. The van der Waals surface area contributed by atoms with Crippen molar-refractivity contribution in [2.75, 3.05) is 58.4 Å². The molecule has 1 aliphatic heterocycles. The summed E-state index contributed by atoms with van der Waals surface area (Å²) in [6.45, 7) is 11.6. The van der Waals surface area contributed by atoms with E-state index in [4.69, 9.17) is 14.6 Å². The number of carbonyl (C=O) groups is 1. The molecular weight excluding hydrogens is 485 g/mol. The van der Waals surface area contributed by atoms with Crippen LogP contribution >= 0.6 is 0 Å². The maximum atomic E-state index is 14.2. The van der Waals surface area contributed by atoms with E-state index in [0.29, 0.717) is 35.8 Å². The van der Waals surface area contributed by atoms with Gasteiger partial charge in [0.2, 0.25) is 0 Å². The van der Waals surface area contributed by atoms with E-state index in [1.54, 1.807) is 38.5 Å². The first-order chi connectivity index (χ1) is 18.4. The van der Waals surface area contributed by atoms with Crippen molar-refractivity contribution in [1.29, 1.82) is 0 Å². The van der Waals surface area contributed by atoms with Gasteiger partial charge in [-0.05, 0) is 50.2 Å². The lowest BCUT2D eigenvalue weighted by Crippen LogP contribution is -2.47. The van der Waals surface area contributed by atoms with E-state index >= 15 is 0 Å². The highest BCUT2D eigenvalue weighted by Gasteiger charge is 2.29. The zero-order valence-electron chi connectivity index (χ0n) is 23.0. The number of rotatable bonds is 10. The third-order valence-electron chi connectivity index (χ3n) is 7.10. The molecule has 1 fully saturated rings. The van der Waals surface area contributed by atoms with Crippen molar-refractivity contribution in [1.82, 2.24) is 19.6 Å². The molecule has 0 radical (unpaired) electrons. The lowest BCUT2D eigenvalue weighted by Gasteiger charge is -2.36. The second-order valence-corrected chi connectivity index (χ2v) is 9.46. The van der Waals surface area contributed by atoms with Crippen molar-refractivity contribution in [3.63, 3.8) is 0 Å². The lowest BCUT2D eigenvalue weighted by atomic mass is 10.1. The monoisotopic (exact) mass is 523 g/mol. The van der Waals surface area contributed by atoms with Crippen LogP contribution < -0.4 is 14.4 Å². The predicted molar refractivity (Wildman–Crippen MR) is 147 cm³/mol. The molecule has 1 saturated heterocycles. The Kier molecular flexibility index (Phi) is 8.89. The van der Waals surface area contributed by atoms with Crippen molar-refractivity contribution < 1.29 is 18.7 Å². The number of ether oxygens (including phenoxy) is 2. The molecule has 38 heavy (non-hydrogen) atoms.